The van der Waals surface area contributed by atoms with Gasteiger partial charge in [-0.1, -0.05) is 61.4 Å². The minimum absolute atomic E-state index is 0.0646. The molecule has 7 nitrogen and oxygen atoms in total. The van der Waals surface area contributed by atoms with Crippen LogP contribution in [0.5, 0.6) is 0 Å². The van der Waals surface area contributed by atoms with Crippen molar-refractivity contribution in [1.29, 1.82) is 0 Å². The van der Waals surface area contributed by atoms with Crippen LogP contribution in [0.1, 0.15) is 49.1 Å². The predicted octanol–water partition coefficient (Wildman–Crippen LogP) is 4.41. The highest BCUT2D eigenvalue weighted by atomic mass is 32.2. The van der Waals surface area contributed by atoms with E-state index in [2.05, 4.69) is 34.9 Å². The number of hydrogen-bond donors (Lipinski definition) is 3. The van der Waals surface area contributed by atoms with Crippen LogP contribution >= 0.6 is 11.8 Å². The van der Waals surface area contributed by atoms with E-state index < -0.39 is 30.1 Å². The van der Waals surface area contributed by atoms with Crippen LogP contribution in [0.2, 0.25) is 0 Å². The van der Waals surface area contributed by atoms with Gasteiger partial charge in [0.15, 0.2) is 0 Å². The Labute approximate surface area is 210 Å². The van der Waals surface area contributed by atoms with Crippen LogP contribution in [0, 0.1) is 5.92 Å². The van der Waals surface area contributed by atoms with Gasteiger partial charge in [-0.3, -0.25) is 9.59 Å². The van der Waals surface area contributed by atoms with E-state index in [0.29, 0.717) is 25.0 Å². The molecule has 0 spiro atoms. The third-order valence-electron chi connectivity index (χ3n) is 6.97. The van der Waals surface area contributed by atoms with Crippen molar-refractivity contribution in [2.24, 2.45) is 5.92 Å². The van der Waals surface area contributed by atoms with Crippen LogP contribution in [0.15, 0.2) is 48.5 Å². The first kappa shape index (κ1) is 25.1. The van der Waals surface area contributed by atoms with E-state index in [1.54, 1.807) is 11.8 Å². The number of carbonyl (C=O) groups excluding carboxylic acids is 2. The molecule has 0 aliphatic heterocycles. The van der Waals surface area contributed by atoms with E-state index in [1.807, 2.05) is 30.5 Å². The van der Waals surface area contributed by atoms with Gasteiger partial charge < -0.3 is 20.5 Å². The molecule has 4 rings (SSSR count). The zero-order valence-corrected chi connectivity index (χ0v) is 20.7. The van der Waals surface area contributed by atoms with Gasteiger partial charge in [0.25, 0.3) is 0 Å². The maximum absolute atomic E-state index is 13.0. The largest absolute Gasteiger partial charge is 0.481 e. The topological polar surface area (TPSA) is 105 Å². The van der Waals surface area contributed by atoms with Crippen molar-refractivity contribution < 1.29 is 24.2 Å². The molecule has 35 heavy (non-hydrogen) atoms. The molecule has 0 aromatic heterocycles. The van der Waals surface area contributed by atoms with E-state index >= 15 is 0 Å². The Hall–Kier alpha value is -3.00. The molecule has 0 bridgehead atoms. The van der Waals surface area contributed by atoms with Gasteiger partial charge in [-0.15, -0.1) is 0 Å². The highest BCUT2D eigenvalue weighted by Gasteiger charge is 2.34. The second kappa shape index (κ2) is 11.6. The molecule has 2 aliphatic carbocycles. The zero-order valence-electron chi connectivity index (χ0n) is 19.9. The fourth-order valence-corrected chi connectivity index (χ4v) is 5.64. The Morgan fingerprint density at radius 2 is 1.66 bits per heavy atom. The number of carboxylic acids is 1. The quantitative estimate of drug-likeness (QED) is 0.475. The smallest absolute Gasteiger partial charge is 0.407 e. The zero-order chi connectivity index (χ0) is 24.8. The van der Waals surface area contributed by atoms with Crippen LogP contribution in [-0.2, 0) is 14.3 Å². The first-order valence-electron chi connectivity index (χ1n) is 12.1. The summed E-state index contributed by atoms with van der Waals surface area (Å²) >= 11 is 1.58. The molecule has 3 atom stereocenters. The number of amides is 2. The van der Waals surface area contributed by atoms with Gasteiger partial charge in [0, 0.05) is 12.0 Å². The molecule has 8 heteroatoms. The number of carboxylic acid groups (broad SMARTS) is 1. The molecule has 0 heterocycles. The van der Waals surface area contributed by atoms with Crippen LogP contribution in [0.3, 0.4) is 0 Å². The summed E-state index contributed by atoms with van der Waals surface area (Å²) < 4.78 is 5.62. The van der Waals surface area contributed by atoms with Gasteiger partial charge in [-0.2, -0.15) is 11.8 Å². The summed E-state index contributed by atoms with van der Waals surface area (Å²) in [5, 5.41) is 15.1. The van der Waals surface area contributed by atoms with Crippen LogP contribution in [0.4, 0.5) is 4.79 Å². The van der Waals surface area contributed by atoms with Crippen molar-refractivity contribution in [3.8, 4) is 11.1 Å². The predicted molar refractivity (Wildman–Crippen MR) is 137 cm³/mol. The summed E-state index contributed by atoms with van der Waals surface area (Å²) in [5.74, 6) is -1.23. The number of ether oxygens (including phenoxy) is 1. The number of hydrogen-bond acceptors (Lipinski definition) is 5. The monoisotopic (exact) mass is 496 g/mol. The molecule has 1 fully saturated rings. The Kier molecular flexibility index (Phi) is 8.33. The molecule has 3 N–H and O–H groups in total. The highest BCUT2D eigenvalue weighted by Crippen LogP contribution is 2.44. The van der Waals surface area contributed by atoms with E-state index in [1.165, 1.54) is 0 Å². The number of rotatable bonds is 9. The number of aliphatic carboxylic acids is 1. The molecule has 0 saturated heterocycles. The molecule has 2 aromatic carbocycles. The highest BCUT2D eigenvalue weighted by molar-refractivity contribution is 7.98. The molecular weight excluding hydrogens is 464 g/mol. The summed E-state index contributed by atoms with van der Waals surface area (Å²) in [6, 6.07) is 15.0. The first-order valence-corrected chi connectivity index (χ1v) is 13.5. The molecular formula is C27H32N2O5S. The van der Waals surface area contributed by atoms with Crippen molar-refractivity contribution in [3.63, 3.8) is 0 Å². The summed E-state index contributed by atoms with van der Waals surface area (Å²) in [4.78, 5) is 37.4. The van der Waals surface area contributed by atoms with Crippen LogP contribution < -0.4 is 10.6 Å². The lowest BCUT2D eigenvalue weighted by atomic mass is 9.84. The van der Waals surface area contributed by atoms with E-state index in [0.717, 1.165) is 35.1 Å². The lowest BCUT2D eigenvalue weighted by Gasteiger charge is -2.30. The second-order valence-corrected chi connectivity index (χ2v) is 10.1. The average molecular weight is 497 g/mol. The lowest BCUT2D eigenvalue weighted by molar-refractivity contribution is -0.144. The normalized spacial score (nSPS) is 19.8. The Balaban J connectivity index is 1.39. The number of carbonyl (C=O) groups is 3. The van der Waals surface area contributed by atoms with Crippen molar-refractivity contribution in [3.05, 3.63) is 59.7 Å². The summed E-state index contributed by atoms with van der Waals surface area (Å²) in [5.41, 5.74) is 4.54. The third-order valence-corrected chi connectivity index (χ3v) is 7.62. The number of benzene rings is 2. The molecule has 2 amide bonds. The van der Waals surface area contributed by atoms with Crippen molar-refractivity contribution in [1.82, 2.24) is 10.6 Å². The fraction of sp³-hybridized carbons (Fsp3) is 0.444. The van der Waals surface area contributed by atoms with Crippen LogP contribution in [0.25, 0.3) is 11.1 Å². The summed E-state index contributed by atoms with van der Waals surface area (Å²) in [6.07, 6.45) is 4.62. The molecule has 0 unspecified atom stereocenters. The minimum Gasteiger partial charge on any atom is -0.481 e. The van der Waals surface area contributed by atoms with Gasteiger partial charge in [0.2, 0.25) is 5.91 Å². The molecule has 2 aliphatic rings. The summed E-state index contributed by atoms with van der Waals surface area (Å²) in [6.45, 7) is 0.167. The van der Waals surface area contributed by atoms with Gasteiger partial charge in [-0.25, -0.2) is 4.79 Å². The van der Waals surface area contributed by atoms with E-state index in [-0.39, 0.29) is 18.4 Å². The van der Waals surface area contributed by atoms with Crippen LogP contribution in [-0.4, -0.2) is 53.8 Å². The van der Waals surface area contributed by atoms with Gasteiger partial charge in [0.1, 0.15) is 12.6 Å². The second-order valence-electron chi connectivity index (χ2n) is 9.15. The first-order chi connectivity index (χ1) is 17.0. The van der Waals surface area contributed by atoms with Gasteiger partial charge >= 0.3 is 12.1 Å². The van der Waals surface area contributed by atoms with Crippen molar-refractivity contribution >= 4 is 29.7 Å². The number of nitrogens with one attached hydrogen (secondary N) is 2. The van der Waals surface area contributed by atoms with Gasteiger partial charge in [0.05, 0.1) is 5.92 Å². The molecule has 0 radical (unpaired) electrons. The molecule has 2 aromatic rings. The number of thioether (sulfide) groups is 1. The van der Waals surface area contributed by atoms with E-state index in [4.69, 9.17) is 4.74 Å². The Morgan fingerprint density at radius 1 is 1.03 bits per heavy atom. The fourth-order valence-electron chi connectivity index (χ4n) is 5.17. The van der Waals surface area contributed by atoms with Crippen molar-refractivity contribution in [2.75, 3.05) is 18.6 Å². The molecule has 1 saturated carbocycles. The van der Waals surface area contributed by atoms with Crippen molar-refractivity contribution in [2.45, 2.75) is 50.1 Å². The maximum atomic E-state index is 13.0. The molecule has 186 valence electrons. The summed E-state index contributed by atoms with van der Waals surface area (Å²) in [7, 11) is 0. The number of fused-ring (bicyclic) bond motifs is 3. The average Bonchev–Trinajstić information content (AvgIpc) is 3.19. The van der Waals surface area contributed by atoms with E-state index in [9.17, 15) is 19.5 Å². The lowest BCUT2D eigenvalue weighted by Crippen LogP contribution is -2.53. The number of alkyl carbamates (subject to hydrolysis) is 1. The SMILES string of the molecule is CSCC[C@@H](NC(=O)OCC1c2ccccc2-c2ccccc21)C(=O)N[C@@H]1CCCC[C@@H]1C(=O)O. The Bertz CT molecular complexity index is 1030. The Morgan fingerprint density at radius 3 is 2.29 bits per heavy atom. The standard InChI is InChI=1S/C27H32N2O5S/c1-35-15-14-24(25(30)28-23-13-7-6-12-21(23)26(31)32)29-27(33)34-16-22-19-10-4-2-8-17(19)18-9-3-5-11-20(18)22/h2-5,8-11,21-24H,6-7,12-16H2,1H3,(H,28,30)(H,29,33)(H,31,32)/t21-,23+,24+/m0/s1. The minimum atomic E-state index is -0.889. The maximum Gasteiger partial charge on any atom is 0.407 e. The van der Waals surface area contributed by atoms with Gasteiger partial charge in [-0.05, 0) is 53.5 Å². The third kappa shape index (κ3) is 5.81.